The quantitative estimate of drug-likeness (QED) is 0.679. The molecule has 8 nitrogen and oxygen atoms in total. The van der Waals surface area contributed by atoms with Gasteiger partial charge in [0.25, 0.3) is 0 Å². The van der Waals surface area contributed by atoms with Crippen LogP contribution in [-0.2, 0) is 14.8 Å². The maximum absolute atomic E-state index is 12.9. The highest BCUT2D eigenvalue weighted by Crippen LogP contribution is 2.26. The second kappa shape index (κ2) is 8.28. The zero-order chi connectivity index (χ0) is 17.2. The van der Waals surface area contributed by atoms with Crippen LogP contribution in [0, 0.1) is 19.8 Å². The second-order valence-electron chi connectivity index (χ2n) is 6.11. The zero-order valence-corrected chi connectivity index (χ0v) is 15.8. The molecule has 0 aromatic carbocycles. The van der Waals surface area contributed by atoms with Crippen LogP contribution in [0.5, 0.6) is 0 Å². The summed E-state index contributed by atoms with van der Waals surface area (Å²) in [4.78, 5) is 12.5. The smallest absolute Gasteiger partial charge is 0.246 e. The summed E-state index contributed by atoms with van der Waals surface area (Å²) in [6, 6.07) is -0.118. The first kappa shape index (κ1) is 20.9. The summed E-state index contributed by atoms with van der Waals surface area (Å²) in [6.45, 7) is 6.14. The number of hydrogen-bond donors (Lipinski definition) is 3. The van der Waals surface area contributed by atoms with E-state index in [1.807, 2.05) is 6.92 Å². The molecular formula is C14H26ClN5O3S. The molecule has 0 bridgehead atoms. The Morgan fingerprint density at radius 3 is 2.71 bits per heavy atom. The summed E-state index contributed by atoms with van der Waals surface area (Å²) in [5, 5.41) is 9.48. The Morgan fingerprint density at radius 2 is 2.17 bits per heavy atom. The van der Waals surface area contributed by atoms with Crippen molar-refractivity contribution in [3.05, 3.63) is 11.4 Å². The van der Waals surface area contributed by atoms with E-state index in [4.69, 9.17) is 5.73 Å². The Balaban J connectivity index is 0.00000288. The number of halogens is 1. The van der Waals surface area contributed by atoms with Gasteiger partial charge < -0.3 is 11.1 Å². The number of rotatable bonds is 5. The van der Waals surface area contributed by atoms with E-state index in [2.05, 4.69) is 15.5 Å². The lowest BCUT2D eigenvalue weighted by Crippen LogP contribution is -2.48. The van der Waals surface area contributed by atoms with Crippen molar-refractivity contribution in [2.75, 3.05) is 19.6 Å². The van der Waals surface area contributed by atoms with Crippen LogP contribution in [0.4, 0.5) is 0 Å². The Morgan fingerprint density at radius 1 is 1.50 bits per heavy atom. The third kappa shape index (κ3) is 4.27. The monoisotopic (exact) mass is 379 g/mol. The molecule has 2 heterocycles. The molecule has 0 radical (unpaired) electrons. The van der Waals surface area contributed by atoms with E-state index < -0.39 is 10.0 Å². The number of sulfonamides is 1. The number of carbonyl (C=O) groups is 1. The van der Waals surface area contributed by atoms with Gasteiger partial charge in [-0.25, -0.2) is 8.42 Å². The van der Waals surface area contributed by atoms with E-state index in [0.29, 0.717) is 37.3 Å². The van der Waals surface area contributed by atoms with Crippen LogP contribution in [0.3, 0.4) is 0 Å². The van der Waals surface area contributed by atoms with Gasteiger partial charge in [0, 0.05) is 25.7 Å². The van der Waals surface area contributed by atoms with E-state index in [-0.39, 0.29) is 41.7 Å². The molecule has 24 heavy (non-hydrogen) atoms. The largest absolute Gasteiger partial charge is 0.352 e. The lowest BCUT2D eigenvalue weighted by molar-refractivity contribution is -0.126. The van der Waals surface area contributed by atoms with Crippen molar-refractivity contribution < 1.29 is 13.2 Å². The molecule has 1 aliphatic rings. The molecule has 1 aromatic rings. The van der Waals surface area contributed by atoms with E-state index in [1.165, 1.54) is 4.31 Å². The molecule has 0 spiro atoms. The zero-order valence-electron chi connectivity index (χ0n) is 14.2. The van der Waals surface area contributed by atoms with Crippen molar-refractivity contribution in [1.29, 1.82) is 0 Å². The minimum absolute atomic E-state index is 0. The third-order valence-electron chi connectivity index (χ3n) is 4.16. The van der Waals surface area contributed by atoms with Crippen molar-refractivity contribution in [2.45, 2.75) is 44.6 Å². The number of nitrogens with two attached hydrogens (primary N) is 1. The first-order valence-electron chi connectivity index (χ1n) is 7.79. The number of nitrogens with one attached hydrogen (secondary N) is 2. The van der Waals surface area contributed by atoms with E-state index in [0.717, 1.165) is 0 Å². The number of nitrogens with zero attached hydrogens (tertiary/aromatic N) is 2. The number of piperidine rings is 1. The molecule has 1 fully saturated rings. The molecule has 1 saturated heterocycles. The number of hydrogen-bond acceptors (Lipinski definition) is 5. The molecule has 2 atom stereocenters. The molecule has 0 aliphatic carbocycles. The predicted molar refractivity (Wildman–Crippen MR) is 93.5 cm³/mol. The van der Waals surface area contributed by atoms with Gasteiger partial charge in [-0.2, -0.15) is 9.40 Å². The Hall–Kier alpha value is -1.16. The first-order valence-corrected chi connectivity index (χ1v) is 9.23. The number of aromatic nitrogens is 2. The molecule has 4 N–H and O–H groups in total. The highest BCUT2D eigenvalue weighted by Gasteiger charge is 2.35. The topological polar surface area (TPSA) is 121 Å². The lowest BCUT2D eigenvalue weighted by Gasteiger charge is -2.31. The summed E-state index contributed by atoms with van der Waals surface area (Å²) < 4.78 is 27.1. The van der Waals surface area contributed by atoms with Crippen molar-refractivity contribution in [2.24, 2.45) is 11.7 Å². The van der Waals surface area contributed by atoms with Gasteiger partial charge in [-0.15, -0.1) is 12.4 Å². The number of H-pyrrole nitrogens is 1. The minimum Gasteiger partial charge on any atom is -0.352 e. The average Bonchev–Trinajstić information content (AvgIpc) is 2.86. The Kier molecular flexibility index (Phi) is 7.21. The maximum atomic E-state index is 12.9. The van der Waals surface area contributed by atoms with Crippen LogP contribution in [0.15, 0.2) is 4.90 Å². The molecule has 138 valence electrons. The Bertz CT molecular complexity index is 656. The summed E-state index contributed by atoms with van der Waals surface area (Å²) in [5.41, 5.74) is 6.48. The van der Waals surface area contributed by atoms with Crippen LogP contribution in [0.1, 0.15) is 31.2 Å². The van der Waals surface area contributed by atoms with Crippen molar-refractivity contribution >= 4 is 28.3 Å². The van der Waals surface area contributed by atoms with Crippen LogP contribution in [0.2, 0.25) is 0 Å². The average molecular weight is 380 g/mol. The number of aromatic amines is 1. The summed E-state index contributed by atoms with van der Waals surface area (Å²) in [5.74, 6) is -0.483. The van der Waals surface area contributed by atoms with Gasteiger partial charge in [0.15, 0.2) is 0 Å². The van der Waals surface area contributed by atoms with Gasteiger partial charge in [-0.1, -0.05) is 0 Å². The molecule has 1 aromatic heterocycles. The highest BCUT2D eigenvalue weighted by atomic mass is 35.5. The molecule has 1 unspecified atom stereocenters. The van der Waals surface area contributed by atoms with Crippen molar-refractivity contribution in [3.63, 3.8) is 0 Å². The number of amides is 1. The van der Waals surface area contributed by atoms with E-state index in [9.17, 15) is 13.2 Å². The van der Waals surface area contributed by atoms with Gasteiger partial charge in [0.1, 0.15) is 4.90 Å². The molecule has 10 heteroatoms. The van der Waals surface area contributed by atoms with Crippen LogP contribution < -0.4 is 11.1 Å². The normalized spacial score (nSPS) is 20.2. The van der Waals surface area contributed by atoms with Crippen molar-refractivity contribution in [1.82, 2.24) is 19.8 Å². The second-order valence-corrected chi connectivity index (χ2v) is 7.99. The van der Waals surface area contributed by atoms with Gasteiger partial charge in [0.2, 0.25) is 15.9 Å². The first-order chi connectivity index (χ1) is 10.8. The molecule has 1 amide bonds. The molecule has 2 rings (SSSR count). The standard InChI is InChI=1S/C14H25N5O3S.ClH/c1-9(7-15)16-14(20)12-5-4-6-19(8-12)23(21,22)13-10(2)17-18-11(13)3;/h9,12H,4-8,15H2,1-3H3,(H,16,20)(H,17,18);1H/t9-,12?;/m0./s1. The van der Waals surface area contributed by atoms with Crippen molar-refractivity contribution in [3.8, 4) is 0 Å². The number of carbonyl (C=O) groups excluding carboxylic acids is 1. The fourth-order valence-corrected chi connectivity index (χ4v) is 4.70. The van der Waals surface area contributed by atoms with Crippen LogP contribution in [0.25, 0.3) is 0 Å². The van der Waals surface area contributed by atoms with Crippen LogP contribution in [-0.4, -0.2) is 54.5 Å². The third-order valence-corrected chi connectivity index (χ3v) is 6.28. The van der Waals surface area contributed by atoms with E-state index in [1.54, 1.807) is 13.8 Å². The predicted octanol–water partition coefficient (Wildman–Crippen LogP) is 0.312. The van der Waals surface area contributed by atoms with Crippen LogP contribution >= 0.6 is 12.4 Å². The maximum Gasteiger partial charge on any atom is 0.246 e. The highest BCUT2D eigenvalue weighted by molar-refractivity contribution is 7.89. The fraction of sp³-hybridized carbons (Fsp3) is 0.714. The summed E-state index contributed by atoms with van der Waals surface area (Å²) >= 11 is 0. The molecular weight excluding hydrogens is 354 g/mol. The van der Waals surface area contributed by atoms with Gasteiger partial charge in [-0.3, -0.25) is 9.89 Å². The van der Waals surface area contributed by atoms with Gasteiger partial charge >= 0.3 is 0 Å². The molecule has 1 aliphatic heterocycles. The lowest BCUT2D eigenvalue weighted by atomic mass is 9.98. The number of aryl methyl sites for hydroxylation is 2. The molecule has 0 saturated carbocycles. The summed E-state index contributed by atoms with van der Waals surface area (Å²) in [7, 11) is -3.65. The fourth-order valence-electron chi connectivity index (χ4n) is 2.84. The Labute approximate surface area is 149 Å². The SMILES string of the molecule is Cc1n[nH]c(C)c1S(=O)(=O)N1CCCC(C(=O)N[C@@H](C)CN)C1.Cl. The van der Waals surface area contributed by atoms with Gasteiger partial charge in [-0.05, 0) is 33.6 Å². The summed E-state index contributed by atoms with van der Waals surface area (Å²) in [6.07, 6.45) is 1.34. The van der Waals surface area contributed by atoms with Gasteiger partial charge in [0.05, 0.1) is 17.3 Å². The van der Waals surface area contributed by atoms with E-state index >= 15 is 0 Å². The minimum atomic E-state index is -3.65.